The summed E-state index contributed by atoms with van der Waals surface area (Å²) in [6, 6.07) is 7.40. The molecule has 2 fully saturated rings. The van der Waals surface area contributed by atoms with Crippen molar-refractivity contribution in [3.63, 3.8) is 0 Å². The van der Waals surface area contributed by atoms with Gasteiger partial charge in [-0.1, -0.05) is 29.8 Å². The maximum atomic E-state index is 12.2. The van der Waals surface area contributed by atoms with Crippen molar-refractivity contribution in [2.45, 2.75) is 50.2 Å². The van der Waals surface area contributed by atoms with E-state index in [9.17, 15) is 13.2 Å². The van der Waals surface area contributed by atoms with Crippen LogP contribution in [-0.4, -0.2) is 43.0 Å². The van der Waals surface area contributed by atoms with E-state index in [-0.39, 0.29) is 30.5 Å². The van der Waals surface area contributed by atoms with Crippen LogP contribution in [0.4, 0.5) is 0 Å². The summed E-state index contributed by atoms with van der Waals surface area (Å²) in [4.78, 5) is 12.2. The van der Waals surface area contributed by atoms with Gasteiger partial charge in [-0.2, -0.15) is 4.31 Å². The number of halogens is 1. The summed E-state index contributed by atoms with van der Waals surface area (Å²) in [5.74, 6) is -0.0599. The number of sulfonamides is 1. The molecule has 23 heavy (non-hydrogen) atoms. The molecular weight excluding hydrogens is 336 g/mol. The van der Waals surface area contributed by atoms with Crippen LogP contribution in [0.2, 0.25) is 5.02 Å². The summed E-state index contributed by atoms with van der Waals surface area (Å²) >= 11 is 6.08. The first kappa shape index (κ1) is 16.7. The molecule has 1 amide bonds. The van der Waals surface area contributed by atoms with Crippen molar-refractivity contribution in [3.8, 4) is 0 Å². The molecule has 5 nitrogen and oxygen atoms in total. The van der Waals surface area contributed by atoms with Crippen molar-refractivity contribution in [1.29, 1.82) is 0 Å². The van der Waals surface area contributed by atoms with Crippen molar-refractivity contribution < 1.29 is 13.2 Å². The highest BCUT2D eigenvalue weighted by atomic mass is 35.5. The van der Waals surface area contributed by atoms with E-state index in [1.807, 2.05) is 18.2 Å². The van der Waals surface area contributed by atoms with Crippen LogP contribution < -0.4 is 5.32 Å². The fourth-order valence-corrected chi connectivity index (χ4v) is 5.56. The van der Waals surface area contributed by atoms with Crippen molar-refractivity contribution in [2.24, 2.45) is 0 Å². The van der Waals surface area contributed by atoms with E-state index in [0.717, 1.165) is 18.4 Å². The lowest BCUT2D eigenvalue weighted by molar-refractivity contribution is -0.121. The standard InChI is InChI=1S/C16H21ClN2O3S/c1-23(21,22)19-13-6-7-14(19)10-12(9-13)18-16(20)8-11-4-2-3-5-15(11)17/h2-5,12-14H,6-10H2,1H3,(H,18,20). The highest BCUT2D eigenvalue weighted by Crippen LogP contribution is 2.37. The summed E-state index contributed by atoms with van der Waals surface area (Å²) in [6.45, 7) is 0. The zero-order valence-electron chi connectivity index (χ0n) is 13.0. The summed E-state index contributed by atoms with van der Waals surface area (Å²) in [6.07, 6.45) is 4.68. The average Bonchev–Trinajstić information content (AvgIpc) is 2.74. The van der Waals surface area contributed by atoms with Crippen LogP contribution in [0.1, 0.15) is 31.2 Å². The second kappa shape index (κ2) is 6.42. The third kappa shape index (κ3) is 3.70. The molecule has 2 atom stereocenters. The maximum absolute atomic E-state index is 12.2. The van der Waals surface area contributed by atoms with Crippen LogP contribution in [-0.2, 0) is 21.2 Å². The number of amides is 1. The molecule has 7 heteroatoms. The first-order valence-corrected chi connectivity index (χ1v) is 10.1. The van der Waals surface area contributed by atoms with E-state index >= 15 is 0 Å². The van der Waals surface area contributed by atoms with E-state index in [4.69, 9.17) is 11.6 Å². The lowest BCUT2D eigenvalue weighted by Crippen LogP contribution is -2.52. The Balaban J connectivity index is 1.61. The molecule has 2 unspecified atom stereocenters. The number of carbonyl (C=O) groups excluding carboxylic acids is 1. The number of carbonyl (C=O) groups is 1. The van der Waals surface area contributed by atoms with E-state index in [1.165, 1.54) is 6.26 Å². The quantitative estimate of drug-likeness (QED) is 0.896. The summed E-state index contributed by atoms with van der Waals surface area (Å²) in [5, 5.41) is 3.64. The molecule has 1 N–H and O–H groups in total. The van der Waals surface area contributed by atoms with E-state index in [2.05, 4.69) is 5.32 Å². The molecule has 1 aromatic carbocycles. The number of hydrogen-bond acceptors (Lipinski definition) is 3. The normalized spacial score (nSPS) is 27.8. The number of benzene rings is 1. The minimum atomic E-state index is -3.16. The second-order valence-corrected chi connectivity index (χ2v) is 8.78. The minimum absolute atomic E-state index is 0.0226. The molecule has 0 radical (unpaired) electrons. The molecule has 1 aromatic rings. The second-order valence-electron chi connectivity index (χ2n) is 6.48. The first-order valence-electron chi connectivity index (χ1n) is 7.86. The fraction of sp³-hybridized carbons (Fsp3) is 0.562. The maximum Gasteiger partial charge on any atom is 0.224 e. The summed E-state index contributed by atoms with van der Waals surface area (Å²) in [7, 11) is -3.16. The minimum Gasteiger partial charge on any atom is -0.353 e. The van der Waals surface area contributed by atoms with Crippen LogP contribution in [0.15, 0.2) is 24.3 Å². The van der Waals surface area contributed by atoms with Gasteiger partial charge in [-0.3, -0.25) is 4.79 Å². The molecule has 0 spiro atoms. The largest absolute Gasteiger partial charge is 0.353 e. The lowest BCUT2D eigenvalue weighted by atomic mass is 9.99. The predicted molar refractivity (Wildman–Crippen MR) is 89.8 cm³/mol. The van der Waals surface area contributed by atoms with Gasteiger partial charge in [-0.25, -0.2) is 8.42 Å². The van der Waals surface area contributed by atoms with Gasteiger partial charge in [0.15, 0.2) is 0 Å². The van der Waals surface area contributed by atoms with Crippen LogP contribution >= 0.6 is 11.6 Å². The lowest BCUT2D eigenvalue weighted by Gasteiger charge is -2.37. The zero-order valence-corrected chi connectivity index (χ0v) is 14.6. The van der Waals surface area contributed by atoms with Gasteiger partial charge in [-0.05, 0) is 37.3 Å². The monoisotopic (exact) mass is 356 g/mol. The Bertz CT molecular complexity index is 693. The molecular formula is C16H21ClN2O3S. The molecule has 2 aliphatic rings. The van der Waals surface area contributed by atoms with Crippen LogP contribution in [0.25, 0.3) is 0 Å². The van der Waals surface area contributed by atoms with Gasteiger partial charge in [0.1, 0.15) is 0 Å². The molecule has 2 bridgehead atoms. The van der Waals surface area contributed by atoms with Crippen LogP contribution in [0, 0.1) is 0 Å². The van der Waals surface area contributed by atoms with E-state index in [0.29, 0.717) is 17.9 Å². The van der Waals surface area contributed by atoms with Crippen LogP contribution in [0.5, 0.6) is 0 Å². The summed E-state index contributed by atoms with van der Waals surface area (Å²) in [5.41, 5.74) is 0.809. The highest BCUT2D eigenvalue weighted by molar-refractivity contribution is 7.88. The zero-order chi connectivity index (χ0) is 16.6. The molecule has 2 heterocycles. The number of rotatable bonds is 4. The Morgan fingerprint density at radius 3 is 2.43 bits per heavy atom. The molecule has 0 saturated carbocycles. The van der Waals surface area contributed by atoms with Gasteiger partial charge in [0.05, 0.1) is 12.7 Å². The Hall–Kier alpha value is -1.11. The van der Waals surface area contributed by atoms with Gasteiger partial charge in [0.25, 0.3) is 0 Å². The van der Waals surface area contributed by atoms with Gasteiger partial charge < -0.3 is 5.32 Å². The van der Waals surface area contributed by atoms with Crippen molar-refractivity contribution in [1.82, 2.24) is 9.62 Å². The third-order valence-corrected chi connectivity index (χ3v) is 6.45. The average molecular weight is 357 g/mol. The number of fused-ring (bicyclic) bond motifs is 2. The molecule has 2 aliphatic heterocycles. The van der Waals surface area contributed by atoms with Crippen molar-refractivity contribution in [3.05, 3.63) is 34.9 Å². The third-order valence-electron chi connectivity index (χ3n) is 4.72. The summed E-state index contributed by atoms with van der Waals surface area (Å²) < 4.78 is 25.4. The van der Waals surface area contributed by atoms with Crippen molar-refractivity contribution >= 4 is 27.5 Å². The van der Waals surface area contributed by atoms with E-state index in [1.54, 1.807) is 10.4 Å². The van der Waals surface area contributed by atoms with Crippen molar-refractivity contribution in [2.75, 3.05) is 6.26 Å². The Morgan fingerprint density at radius 2 is 1.87 bits per heavy atom. The molecule has 126 valence electrons. The number of hydrogen-bond donors (Lipinski definition) is 1. The Morgan fingerprint density at radius 1 is 1.26 bits per heavy atom. The van der Waals surface area contributed by atoms with Gasteiger partial charge in [0, 0.05) is 23.1 Å². The molecule has 2 saturated heterocycles. The Kier molecular flexibility index (Phi) is 4.67. The topological polar surface area (TPSA) is 66.5 Å². The van der Waals surface area contributed by atoms with Gasteiger partial charge in [0.2, 0.25) is 15.9 Å². The molecule has 0 aliphatic carbocycles. The highest BCUT2D eigenvalue weighted by Gasteiger charge is 2.45. The number of nitrogens with zero attached hydrogens (tertiary/aromatic N) is 1. The number of nitrogens with one attached hydrogen (secondary N) is 1. The SMILES string of the molecule is CS(=O)(=O)N1C2CCC1CC(NC(=O)Cc1ccccc1Cl)C2. The molecule has 0 aromatic heterocycles. The van der Waals surface area contributed by atoms with Crippen LogP contribution in [0.3, 0.4) is 0 Å². The van der Waals surface area contributed by atoms with Gasteiger partial charge in [-0.15, -0.1) is 0 Å². The molecule has 3 rings (SSSR count). The number of piperidine rings is 1. The van der Waals surface area contributed by atoms with Gasteiger partial charge >= 0.3 is 0 Å². The Labute approximate surface area is 142 Å². The smallest absolute Gasteiger partial charge is 0.224 e. The van der Waals surface area contributed by atoms with E-state index < -0.39 is 10.0 Å². The first-order chi connectivity index (χ1) is 10.8. The fourth-order valence-electron chi connectivity index (χ4n) is 3.89. The predicted octanol–water partition coefficient (Wildman–Crippen LogP) is 1.95.